The lowest BCUT2D eigenvalue weighted by atomic mass is 10.1. The monoisotopic (exact) mass is 566 g/mol. The van der Waals surface area contributed by atoms with Crippen molar-refractivity contribution in [3.05, 3.63) is 151 Å². The van der Waals surface area contributed by atoms with Crippen LogP contribution in [0.2, 0.25) is 0 Å². The van der Waals surface area contributed by atoms with Crippen LogP contribution in [0.5, 0.6) is 11.5 Å². The summed E-state index contributed by atoms with van der Waals surface area (Å²) in [4.78, 5) is 0. The first-order valence-electron chi connectivity index (χ1n) is 13.7. The summed E-state index contributed by atoms with van der Waals surface area (Å²) in [7, 11) is -0.251. The standard InChI is InChI=1S/C36H36O2P.ClH/c1-37-36-28-32(38-27-15-14-18-30-16-6-2-7-17-30)26-25-31(36)29-39(33-19-8-3-9-20-33,34-21-10-4-11-22-34)35-23-12-5-13-24-35;/h2-13,16-17,19-26,28H,14-15,18,27,29H2,1H3;1H/q+1;/p-1. The van der Waals surface area contributed by atoms with Gasteiger partial charge in [-0.15, -0.1) is 0 Å². The Bertz CT molecular complexity index is 1330. The molecule has 0 aromatic heterocycles. The Labute approximate surface area is 245 Å². The van der Waals surface area contributed by atoms with Crippen molar-refractivity contribution in [3.8, 4) is 11.5 Å². The van der Waals surface area contributed by atoms with Crippen molar-refractivity contribution in [2.24, 2.45) is 0 Å². The molecule has 5 rings (SSSR count). The van der Waals surface area contributed by atoms with Crippen LogP contribution in [0.15, 0.2) is 140 Å². The van der Waals surface area contributed by atoms with Crippen LogP contribution in [0.3, 0.4) is 0 Å². The fourth-order valence-electron chi connectivity index (χ4n) is 5.24. The van der Waals surface area contributed by atoms with Gasteiger partial charge >= 0.3 is 0 Å². The van der Waals surface area contributed by atoms with Crippen molar-refractivity contribution >= 4 is 23.2 Å². The molecule has 0 aliphatic heterocycles. The maximum Gasteiger partial charge on any atom is 0.129 e. The van der Waals surface area contributed by atoms with Crippen molar-refractivity contribution in [2.45, 2.75) is 25.4 Å². The summed E-state index contributed by atoms with van der Waals surface area (Å²) >= 11 is 0. The number of methoxy groups -OCH3 is 1. The molecular formula is C36H36ClO2P. The predicted molar refractivity (Wildman–Crippen MR) is 167 cm³/mol. The first kappa shape index (κ1) is 29.4. The summed E-state index contributed by atoms with van der Waals surface area (Å²) in [5.74, 6) is 1.74. The van der Waals surface area contributed by atoms with E-state index in [2.05, 4.69) is 140 Å². The number of rotatable bonds is 12. The van der Waals surface area contributed by atoms with E-state index >= 15 is 0 Å². The number of ether oxygens (including phenoxy) is 2. The van der Waals surface area contributed by atoms with Gasteiger partial charge in [0.2, 0.25) is 0 Å². The van der Waals surface area contributed by atoms with E-state index in [1.807, 2.05) is 0 Å². The van der Waals surface area contributed by atoms with Gasteiger partial charge in [-0.05, 0) is 73.4 Å². The molecule has 0 aliphatic carbocycles. The molecule has 0 saturated heterocycles. The minimum absolute atomic E-state index is 0. The molecule has 0 unspecified atom stereocenters. The van der Waals surface area contributed by atoms with E-state index in [0.717, 1.165) is 36.9 Å². The lowest BCUT2D eigenvalue weighted by molar-refractivity contribution is -0.00000847. The van der Waals surface area contributed by atoms with Crippen LogP contribution in [0.4, 0.5) is 0 Å². The van der Waals surface area contributed by atoms with Crippen molar-refractivity contribution < 1.29 is 21.9 Å². The van der Waals surface area contributed by atoms with Crippen molar-refractivity contribution in [1.29, 1.82) is 0 Å². The van der Waals surface area contributed by atoms with Gasteiger partial charge in [-0.1, -0.05) is 84.9 Å². The average molecular weight is 567 g/mol. The number of benzene rings is 5. The lowest BCUT2D eigenvalue weighted by Gasteiger charge is -2.28. The predicted octanol–water partition coefficient (Wildman–Crippen LogP) is 4.60. The molecule has 4 heteroatoms. The van der Waals surface area contributed by atoms with E-state index in [4.69, 9.17) is 9.47 Å². The molecule has 0 radical (unpaired) electrons. The molecule has 0 fully saturated rings. The maximum absolute atomic E-state index is 6.15. The third-order valence-corrected chi connectivity index (χ3v) is 11.6. The third kappa shape index (κ3) is 6.94. The molecule has 0 saturated carbocycles. The second-order valence-electron chi connectivity index (χ2n) is 9.74. The van der Waals surface area contributed by atoms with E-state index in [9.17, 15) is 0 Å². The highest BCUT2D eigenvalue weighted by Crippen LogP contribution is 2.59. The Morgan fingerprint density at radius 1 is 0.575 bits per heavy atom. The zero-order valence-electron chi connectivity index (χ0n) is 23.0. The molecule has 5 aromatic rings. The topological polar surface area (TPSA) is 18.5 Å². The highest BCUT2D eigenvalue weighted by Gasteiger charge is 2.46. The summed E-state index contributed by atoms with van der Waals surface area (Å²) in [6.45, 7) is 0.699. The number of hydrogen-bond acceptors (Lipinski definition) is 2. The van der Waals surface area contributed by atoms with E-state index < -0.39 is 7.26 Å². The zero-order chi connectivity index (χ0) is 26.8. The normalized spacial score (nSPS) is 10.9. The van der Waals surface area contributed by atoms with E-state index in [-0.39, 0.29) is 12.4 Å². The fraction of sp³-hybridized carbons (Fsp3) is 0.167. The van der Waals surface area contributed by atoms with Gasteiger partial charge < -0.3 is 21.9 Å². The van der Waals surface area contributed by atoms with Gasteiger partial charge in [0.1, 0.15) is 40.8 Å². The molecular weight excluding hydrogens is 531 g/mol. The van der Waals surface area contributed by atoms with Crippen LogP contribution in [-0.2, 0) is 12.6 Å². The van der Waals surface area contributed by atoms with E-state index in [1.165, 1.54) is 27.0 Å². The molecule has 40 heavy (non-hydrogen) atoms. The van der Waals surface area contributed by atoms with Crippen LogP contribution < -0.4 is 37.8 Å². The summed E-state index contributed by atoms with van der Waals surface area (Å²) < 4.78 is 12.1. The highest BCUT2D eigenvalue weighted by molar-refractivity contribution is 7.95. The van der Waals surface area contributed by atoms with Crippen LogP contribution in [0, 0.1) is 0 Å². The van der Waals surface area contributed by atoms with Gasteiger partial charge in [0.25, 0.3) is 0 Å². The number of unbranched alkanes of at least 4 members (excludes halogenated alkanes) is 1. The molecule has 0 N–H and O–H groups in total. The SMILES string of the molecule is COc1cc(OCCCCc2ccccc2)ccc1C[P+](c1ccccc1)(c1ccccc1)c1ccccc1.[Cl-]. The first-order chi connectivity index (χ1) is 19.3. The Kier molecular flexibility index (Phi) is 10.8. The summed E-state index contributed by atoms with van der Waals surface area (Å²) in [6.07, 6.45) is 4.07. The molecule has 0 amide bonds. The Morgan fingerprint density at radius 3 is 1.57 bits per heavy atom. The Morgan fingerprint density at radius 2 is 1.07 bits per heavy atom. The molecule has 5 aromatic carbocycles. The second kappa shape index (κ2) is 14.7. The average Bonchev–Trinajstić information content (AvgIpc) is 3.02. The number of hydrogen-bond donors (Lipinski definition) is 0. The maximum atomic E-state index is 6.15. The van der Waals surface area contributed by atoms with Crippen molar-refractivity contribution in [1.82, 2.24) is 0 Å². The van der Waals surface area contributed by atoms with Gasteiger partial charge in [-0.3, -0.25) is 0 Å². The number of halogens is 1. The molecule has 204 valence electrons. The van der Waals surface area contributed by atoms with Gasteiger partial charge in [0.05, 0.1) is 13.7 Å². The molecule has 0 heterocycles. The molecule has 0 aliphatic rings. The zero-order valence-corrected chi connectivity index (χ0v) is 24.6. The van der Waals surface area contributed by atoms with Crippen LogP contribution in [-0.4, -0.2) is 13.7 Å². The minimum atomic E-state index is -2.01. The summed E-state index contributed by atoms with van der Waals surface area (Å²) in [5, 5.41) is 4.09. The largest absolute Gasteiger partial charge is 1.00 e. The highest BCUT2D eigenvalue weighted by atomic mass is 35.5. The Hall–Kier alpha value is -3.58. The van der Waals surface area contributed by atoms with Crippen molar-refractivity contribution in [3.63, 3.8) is 0 Å². The van der Waals surface area contributed by atoms with Gasteiger partial charge in [-0.2, -0.15) is 0 Å². The number of aryl methyl sites for hydroxylation is 1. The smallest absolute Gasteiger partial charge is 0.129 e. The van der Waals surface area contributed by atoms with E-state index in [1.54, 1.807) is 7.11 Å². The minimum Gasteiger partial charge on any atom is -1.00 e. The fourth-order valence-corrected chi connectivity index (χ4v) is 9.49. The van der Waals surface area contributed by atoms with Crippen LogP contribution in [0.25, 0.3) is 0 Å². The molecule has 0 spiro atoms. The summed E-state index contributed by atoms with van der Waals surface area (Å²) in [5.41, 5.74) is 2.57. The van der Waals surface area contributed by atoms with Gasteiger partial charge in [-0.25, -0.2) is 0 Å². The Balaban J connectivity index is 0.00000370. The quantitative estimate of drug-likeness (QED) is 0.162. The van der Waals surface area contributed by atoms with Gasteiger partial charge in [0.15, 0.2) is 0 Å². The van der Waals surface area contributed by atoms with E-state index in [0.29, 0.717) is 6.61 Å². The third-order valence-electron chi connectivity index (χ3n) is 7.23. The van der Waals surface area contributed by atoms with Crippen LogP contribution in [0.1, 0.15) is 24.0 Å². The van der Waals surface area contributed by atoms with Gasteiger partial charge in [0, 0.05) is 11.6 Å². The summed E-state index contributed by atoms with van der Waals surface area (Å²) in [6, 6.07) is 49.9. The molecule has 2 nitrogen and oxygen atoms in total. The van der Waals surface area contributed by atoms with Crippen molar-refractivity contribution in [2.75, 3.05) is 13.7 Å². The molecule has 0 bridgehead atoms. The first-order valence-corrected chi connectivity index (χ1v) is 15.7. The van der Waals surface area contributed by atoms with Crippen LogP contribution >= 0.6 is 7.26 Å². The lowest BCUT2D eigenvalue weighted by Crippen LogP contribution is -3.00. The molecule has 0 atom stereocenters. The second-order valence-corrected chi connectivity index (χ2v) is 13.2.